The Morgan fingerprint density at radius 1 is 0.902 bits per heavy atom. The lowest BCUT2D eigenvalue weighted by atomic mass is 10.0. The Kier molecular flexibility index (Phi) is 12.6. The van der Waals surface area contributed by atoms with Crippen LogP contribution in [0.25, 0.3) is 0 Å². The van der Waals surface area contributed by atoms with Gasteiger partial charge in [0.2, 0.25) is 29.5 Å². The molecule has 2 aromatic carbocycles. The number of carbonyl (C=O) groups is 5. The Hall–Kier alpha value is -4.16. The molecular weight excluding hydrogens is 552 g/mol. The van der Waals surface area contributed by atoms with Crippen LogP contribution < -0.4 is 27.4 Å². The average molecular weight is 589 g/mol. The molecular formula is C28H37ClN6O6. The van der Waals surface area contributed by atoms with Crippen LogP contribution >= 0.6 is 11.6 Å². The van der Waals surface area contributed by atoms with Crippen LogP contribution in [-0.4, -0.2) is 76.8 Å². The van der Waals surface area contributed by atoms with Crippen molar-refractivity contribution >= 4 is 41.1 Å². The molecule has 0 aliphatic rings. The van der Waals surface area contributed by atoms with Crippen LogP contribution in [0.4, 0.5) is 0 Å². The number of primary amides is 1. The fourth-order valence-electron chi connectivity index (χ4n) is 4.01. The Morgan fingerprint density at radius 3 is 2.10 bits per heavy atom. The number of nitrogens with two attached hydrogens (primary N) is 2. The summed E-state index contributed by atoms with van der Waals surface area (Å²) in [7, 11) is 0. The first kappa shape index (κ1) is 33.0. The molecule has 12 nitrogen and oxygen atoms in total. The molecule has 41 heavy (non-hydrogen) atoms. The summed E-state index contributed by atoms with van der Waals surface area (Å²) in [4.78, 5) is 63.9. The van der Waals surface area contributed by atoms with E-state index in [1.165, 1.54) is 30.9 Å². The topological polar surface area (TPSA) is 197 Å². The van der Waals surface area contributed by atoms with E-state index in [0.29, 0.717) is 5.02 Å². The number of hydrogen-bond donors (Lipinski definition) is 6. The minimum atomic E-state index is -1.03. The van der Waals surface area contributed by atoms with Gasteiger partial charge in [0.25, 0.3) is 0 Å². The van der Waals surface area contributed by atoms with E-state index in [2.05, 4.69) is 16.0 Å². The van der Waals surface area contributed by atoms with Gasteiger partial charge in [0.05, 0.1) is 12.6 Å². The summed E-state index contributed by atoms with van der Waals surface area (Å²) in [6.07, 6.45) is 0.343. The van der Waals surface area contributed by atoms with Crippen molar-refractivity contribution in [1.29, 1.82) is 0 Å². The van der Waals surface area contributed by atoms with Gasteiger partial charge < -0.3 is 37.4 Å². The Morgan fingerprint density at radius 2 is 1.51 bits per heavy atom. The molecule has 13 heteroatoms. The third-order valence-electron chi connectivity index (χ3n) is 6.33. The van der Waals surface area contributed by atoms with Gasteiger partial charge in [-0.05, 0) is 62.6 Å². The summed E-state index contributed by atoms with van der Waals surface area (Å²) in [5.74, 6) is -2.99. The number of benzene rings is 2. The first-order valence-corrected chi connectivity index (χ1v) is 13.4. The zero-order chi connectivity index (χ0) is 30.7. The molecule has 0 saturated heterocycles. The van der Waals surface area contributed by atoms with Gasteiger partial charge in [0, 0.05) is 18.0 Å². The van der Waals surface area contributed by atoms with E-state index < -0.39 is 60.2 Å². The van der Waals surface area contributed by atoms with Crippen molar-refractivity contribution in [2.24, 2.45) is 11.5 Å². The number of carbonyl (C=O) groups excluding carboxylic acids is 5. The van der Waals surface area contributed by atoms with Crippen molar-refractivity contribution in [1.82, 2.24) is 20.9 Å². The predicted molar refractivity (Wildman–Crippen MR) is 154 cm³/mol. The van der Waals surface area contributed by atoms with Crippen LogP contribution in [0.2, 0.25) is 5.02 Å². The van der Waals surface area contributed by atoms with Gasteiger partial charge in [-0.2, -0.15) is 0 Å². The molecule has 0 heterocycles. The number of halogens is 1. The maximum absolute atomic E-state index is 12.9. The minimum absolute atomic E-state index is 0.0888. The van der Waals surface area contributed by atoms with E-state index >= 15 is 0 Å². The number of nitrogens with one attached hydrogen (secondary N) is 3. The van der Waals surface area contributed by atoms with Crippen LogP contribution in [0.1, 0.15) is 31.9 Å². The third kappa shape index (κ3) is 10.4. The Bertz CT molecular complexity index is 1240. The lowest BCUT2D eigenvalue weighted by molar-refractivity contribution is -0.139. The van der Waals surface area contributed by atoms with E-state index in [0.717, 1.165) is 11.1 Å². The summed E-state index contributed by atoms with van der Waals surface area (Å²) in [5.41, 5.74) is 13.0. The fourth-order valence-corrected chi connectivity index (χ4v) is 4.22. The Labute approximate surface area is 243 Å². The molecule has 5 amide bonds. The average Bonchev–Trinajstić information content (AvgIpc) is 2.92. The van der Waals surface area contributed by atoms with Gasteiger partial charge in [-0.15, -0.1) is 0 Å². The number of amides is 5. The molecule has 0 saturated carbocycles. The molecule has 0 aliphatic carbocycles. The Balaban J connectivity index is 1.87. The van der Waals surface area contributed by atoms with E-state index in [1.54, 1.807) is 43.3 Å². The number of hydrogen-bond acceptors (Lipinski definition) is 7. The molecule has 0 unspecified atom stereocenters. The van der Waals surface area contributed by atoms with Gasteiger partial charge in [0.1, 0.15) is 23.9 Å². The standard InChI is InChI=1S/C28H37ClN6O6/c1-4-35(23(25(31)38)14-19-6-5-7-20(29)12-19)24(37)15-32-26(39)16(2)33-27(40)17(3)34-28(41)22(30)13-18-8-10-21(36)11-9-18/h5-12,16-17,22-23,36H,4,13-15,30H2,1-3H3,(H2,31,38)(H,32,39)(H,33,40)(H,34,41)/t16-,17+,22-,23-/m0/s1. The summed E-state index contributed by atoms with van der Waals surface area (Å²) in [6, 6.07) is 9.16. The second kappa shape index (κ2) is 15.6. The van der Waals surface area contributed by atoms with Crippen LogP contribution in [0, 0.1) is 0 Å². The van der Waals surface area contributed by atoms with Gasteiger partial charge in [-0.25, -0.2) is 0 Å². The zero-order valence-electron chi connectivity index (χ0n) is 23.2. The molecule has 0 bridgehead atoms. The summed E-state index contributed by atoms with van der Waals surface area (Å²) >= 11 is 6.02. The van der Waals surface area contributed by atoms with Crippen molar-refractivity contribution in [3.8, 4) is 5.75 Å². The van der Waals surface area contributed by atoms with E-state index in [9.17, 15) is 29.1 Å². The maximum Gasteiger partial charge on any atom is 0.242 e. The second-order valence-corrected chi connectivity index (χ2v) is 10.0. The first-order valence-electron chi connectivity index (χ1n) is 13.1. The lowest BCUT2D eigenvalue weighted by Gasteiger charge is -2.29. The monoisotopic (exact) mass is 588 g/mol. The second-order valence-electron chi connectivity index (χ2n) is 9.59. The van der Waals surface area contributed by atoms with E-state index in [4.69, 9.17) is 23.1 Å². The number of aromatic hydroxyl groups is 1. The van der Waals surface area contributed by atoms with Crippen molar-refractivity contribution in [3.05, 3.63) is 64.7 Å². The molecule has 0 aliphatic heterocycles. The number of phenolic OH excluding ortho intramolecular Hbond substituents is 1. The van der Waals surface area contributed by atoms with Crippen molar-refractivity contribution in [3.63, 3.8) is 0 Å². The fraction of sp³-hybridized carbons (Fsp3) is 0.393. The van der Waals surface area contributed by atoms with E-state index in [-0.39, 0.29) is 25.1 Å². The minimum Gasteiger partial charge on any atom is -0.508 e. The molecule has 8 N–H and O–H groups in total. The summed E-state index contributed by atoms with van der Waals surface area (Å²) in [6.45, 7) is 4.29. The van der Waals surface area contributed by atoms with Gasteiger partial charge >= 0.3 is 0 Å². The molecule has 2 rings (SSSR count). The highest BCUT2D eigenvalue weighted by atomic mass is 35.5. The molecule has 222 valence electrons. The smallest absolute Gasteiger partial charge is 0.242 e. The van der Waals surface area contributed by atoms with Gasteiger partial charge in [-0.1, -0.05) is 35.9 Å². The van der Waals surface area contributed by atoms with Crippen LogP contribution in [-0.2, 0) is 36.8 Å². The molecule has 2 aromatic rings. The normalized spacial score (nSPS) is 13.7. The first-order chi connectivity index (χ1) is 19.3. The molecule has 0 aromatic heterocycles. The highest BCUT2D eigenvalue weighted by molar-refractivity contribution is 6.30. The highest BCUT2D eigenvalue weighted by Crippen LogP contribution is 2.15. The molecule has 0 radical (unpaired) electrons. The number of rotatable bonds is 14. The number of phenols is 1. The number of likely N-dealkylation sites (N-methyl/N-ethyl adjacent to an activating group) is 1. The summed E-state index contributed by atoms with van der Waals surface area (Å²) in [5, 5.41) is 17.3. The van der Waals surface area contributed by atoms with Crippen molar-refractivity contribution in [2.75, 3.05) is 13.1 Å². The van der Waals surface area contributed by atoms with Crippen molar-refractivity contribution in [2.45, 2.75) is 57.8 Å². The predicted octanol–water partition coefficient (Wildman–Crippen LogP) is -0.0139. The van der Waals surface area contributed by atoms with Crippen LogP contribution in [0.5, 0.6) is 5.75 Å². The van der Waals surface area contributed by atoms with Crippen LogP contribution in [0.15, 0.2) is 48.5 Å². The van der Waals surface area contributed by atoms with Crippen molar-refractivity contribution < 1.29 is 29.1 Å². The summed E-state index contributed by atoms with van der Waals surface area (Å²) < 4.78 is 0. The molecule has 0 fully saturated rings. The zero-order valence-corrected chi connectivity index (χ0v) is 24.0. The highest BCUT2D eigenvalue weighted by Gasteiger charge is 2.28. The van der Waals surface area contributed by atoms with Crippen LogP contribution in [0.3, 0.4) is 0 Å². The third-order valence-corrected chi connectivity index (χ3v) is 6.57. The molecule has 4 atom stereocenters. The van der Waals surface area contributed by atoms with Gasteiger partial charge in [0.15, 0.2) is 0 Å². The SMILES string of the molecule is CCN(C(=O)CNC(=O)[C@H](C)NC(=O)[C@@H](C)NC(=O)[C@@H](N)Cc1ccc(O)cc1)[C@@H](Cc1cccc(Cl)c1)C(N)=O. The van der Waals surface area contributed by atoms with E-state index in [1.807, 2.05) is 0 Å². The number of nitrogens with zero attached hydrogens (tertiary/aromatic N) is 1. The largest absolute Gasteiger partial charge is 0.508 e. The quantitative estimate of drug-likeness (QED) is 0.178. The maximum atomic E-state index is 12.9. The lowest BCUT2D eigenvalue weighted by Crippen LogP contribution is -2.55. The van der Waals surface area contributed by atoms with Gasteiger partial charge in [-0.3, -0.25) is 24.0 Å². The molecule has 0 spiro atoms.